The molecule has 22 heavy (non-hydrogen) atoms. The number of benzene rings is 1. The first kappa shape index (κ1) is 14.1. The zero-order valence-corrected chi connectivity index (χ0v) is 11.9. The molecule has 0 atom stereocenters. The zero-order valence-electron chi connectivity index (χ0n) is 11.9. The van der Waals surface area contributed by atoms with E-state index < -0.39 is 0 Å². The molecule has 0 bridgehead atoms. The van der Waals surface area contributed by atoms with Crippen LogP contribution in [-0.2, 0) is 11.2 Å². The molecule has 1 N–H and O–H groups in total. The number of hydrogen-bond acceptors (Lipinski definition) is 3. The fourth-order valence-electron chi connectivity index (χ4n) is 2.17. The van der Waals surface area contributed by atoms with Crippen molar-refractivity contribution in [1.82, 2.24) is 9.38 Å². The number of hydrogen-bond donors (Lipinski definition) is 1. The summed E-state index contributed by atoms with van der Waals surface area (Å²) in [5, 5.41) is 2.78. The van der Waals surface area contributed by atoms with Gasteiger partial charge in [-0.15, -0.1) is 0 Å². The van der Waals surface area contributed by atoms with Crippen LogP contribution in [0.15, 0.2) is 48.8 Å². The van der Waals surface area contributed by atoms with Gasteiger partial charge in [-0.25, -0.2) is 9.37 Å². The summed E-state index contributed by atoms with van der Waals surface area (Å²) in [6.45, 7) is 0. The molecule has 5 nitrogen and oxygen atoms in total. The quantitative estimate of drug-likeness (QED) is 0.806. The molecule has 0 aliphatic rings. The third-order valence-electron chi connectivity index (χ3n) is 3.16. The van der Waals surface area contributed by atoms with E-state index in [9.17, 15) is 9.18 Å². The second-order valence-electron chi connectivity index (χ2n) is 4.80. The van der Waals surface area contributed by atoms with Gasteiger partial charge in [0.05, 0.1) is 19.2 Å². The predicted molar refractivity (Wildman–Crippen MR) is 80.5 cm³/mol. The molecule has 3 aromatic rings. The zero-order chi connectivity index (χ0) is 15.5. The Morgan fingerprint density at radius 2 is 2.18 bits per heavy atom. The number of imidazole rings is 1. The third kappa shape index (κ3) is 3.06. The molecule has 0 aliphatic carbocycles. The van der Waals surface area contributed by atoms with E-state index in [0.717, 1.165) is 0 Å². The molecule has 0 spiro atoms. The molecule has 1 amide bonds. The van der Waals surface area contributed by atoms with Crippen LogP contribution < -0.4 is 10.1 Å². The predicted octanol–water partition coefficient (Wildman–Crippen LogP) is 2.66. The van der Waals surface area contributed by atoms with E-state index in [1.807, 2.05) is 0 Å². The van der Waals surface area contributed by atoms with Crippen LogP contribution >= 0.6 is 0 Å². The lowest BCUT2D eigenvalue weighted by atomic mass is 10.2. The molecule has 1 aromatic carbocycles. The highest BCUT2D eigenvalue weighted by Crippen LogP contribution is 2.17. The van der Waals surface area contributed by atoms with Crippen molar-refractivity contribution in [1.29, 1.82) is 0 Å². The van der Waals surface area contributed by atoms with Crippen LogP contribution in [0.2, 0.25) is 0 Å². The molecule has 6 heteroatoms. The average molecular weight is 299 g/mol. The number of carbonyl (C=O) groups is 1. The number of nitrogens with zero attached hydrogens (tertiary/aromatic N) is 2. The molecule has 112 valence electrons. The number of ether oxygens (including phenoxy) is 1. The van der Waals surface area contributed by atoms with Crippen molar-refractivity contribution >= 4 is 17.2 Å². The minimum absolute atomic E-state index is 0.112. The van der Waals surface area contributed by atoms with E-state index in [1.165, 1.54) is 12.3 Å². The van der Waals surface area contributed by atoms with Crippen LogP contribution in [0.1, 0.15) is 5.69 Å². The first-order chi connectivity index (χ1) is 10.6. The lowest BCUT2D eigenvalue weighted by molar-refractivity contribution is -0.115. The van der Waals surface area contributed by atoms with Gasteiger partial charge in [0.15, 0.2) is 0 Å². The van der Waals surface area contributed by atoms with Gasteiger partial charge in [-0.05, 0) is 24.3 Å². The van der Waals surface area contributed by atoms with E-state index in [-0.39, 0.29) is 18.1 Å². The Morgan fingerprint density at radius 3 is 3.00 bits per heavy atom. The topological polar surface area (TPSA) is 55.6 Å². The van der Waals surface area contributed by atoms with Gasteiger partial charge in [-0.2, -0.15) is 0 Å². The Labute approximate surface area is 126 Å². The van der Waals surface area contributed by atoms with Crippen LogP contribution in [-0.4, -0.2) is 22.4 Å². The van der Waals surface area contributed by atoms with Crippen LogP contribution in [0.4, 0.5) is 10.1 Å². The molecule has 2 heterocycles. The Kier molecular flexibility index (Phi) is 3.74. The van der Waals surface area contributed by atoms with Crippen molar-refractivity contribution in [3.8, 4) is 5.75 Å². The van der Waals surface area contributed by atoms with Crippen molar-refractivity contribution < 1.29 is 13.9 Å². The number of methoxy groups -OCH3 is 1. The highest BCUT2D eigenvalue weighted by molar-refractivity contribution is 5.92. The number of nitrogens with one attached hydrogen (secondary N) is 1. The van der Waals surface area contributed by atoms with Crippen LogP contribution in [0.3, 0.4) is 0 Å². The summed E-state index contributed by atoms with van der Waals surface area (Å²) in [4.78, 5) is 16.3. The molecule has 3 rings (SSSR count). The number of rotatable bonds is 4. The van der Waals surface area contributed by atoms with Gasteiger partial charge in [0.25, 0.3) is 0 Å². The number of carbonyl (C=O) groups excluding carboxylic acids is 1. The molecule has 2 aromatic heterocycles. The minimum atomic E-state index is -0.350. The largest absolute Gasteiger partial charge is 0.497 e. The second kappa shape index (κ2) is 5.85. The van der Waals surface area contributed by atoms with E-state index in [2.05, 4.69) is 10.3 Å². The van der Waals surface area contributed by atoms with Gasteiger partial charge < -0.3 is 14.5 Å². The maximum absolute atomic E-state index is 13.1. The summed E-state index contributed by atoms with van der Waals surface area (Å²) in [5.41, 5.74) is 1.83. The Hall–Kier alpha value is -2.89. The SMILES string of the molecule is COc1cccc(NC(=O)Cc2cn3cc(F)ccc3n2)c1. The summed E-state index contributed by atoms with van der Waals surface area (Å²) in [6.07, 6.45) is 3.08. The minimum Gasteiger partial charge on any atom is -0.497 e. The second-order valence-corrected chi connectivity index (χ2v) is 4.80. The average Bonchev–Trinajstić information content (AvgIpc) is 2.88. The molecular formula is C16H14FN3O2. The van der Waals surface area contributed by atoms with E-state index >= 15 is 0 Å². The van der Waals surface area contributed by atoms with Gasteiger partial charge >= 0.3 is 0 Å². The Morgan fingerprint density at radius 1 is 1.32 bits per heavy atom. The van der Waals surface area contributed by atoms with Crippen molar-refractivity contribution in [2.45, 2.75) is 6.42 Å². The number of anilines is 1. The standard InChI is InChI=1S/C16H14FN3O2/c1-22-14-4-2-3-12(7-14)19-16(21)8-13-10-20-9-11(17)5-6-15(20)18-13/h2-7,9-10H,8H2,1H3,(H,19,21). The van der Waals surface area contributed by atoms with E-state index in [0.29, 0.717) is 22.8 Å². The van der Waals surface area contributed by atoms with Crippen LogP contribution in [0, 0.1) is 5.82 Å². The summed E-state index contributed by atoms with van der Waals surface area (Å²) < 4.78 is 19.8. The number of aromatic nitrogens is 2. The molecule has 0 fully saturated rings. The maximum Gasteiger partial charge on any atom is 0.230 e. The fraction of sp³-hybridized carbons (Fsp3) is 0.125. The number of halogens is 1. The molecule has 0 unspecified atom stereocenters. The van der Waals surface area contributed by atoms with Gasteiger partial charge in [0, 0.05) is 24.1 Å². The fourth-order valence-corrected chi connectivity index (χ4v) is 2.17. The monoisotopic (exact) mass is 299 g/mol. The maximum atomic E-state index is 13.1. The molecule has 0 saturated heterocycles. The van der Waals surface area contributed by atoms with Crippen molar-refractivity contribution in [3.05, 3.63) is 60.3 Å². The van der Waals surface area contributed by atoms with Gasteiger partial charge in [0.2, 0.25) is 5.91 Å². The Bertz CT molecular complexity index is 829. The molecular weight excluding hydrogens is 285 g/mol. The lowest BCUT2D eigenvalue weighted by Crippen LogP contribution is -2.14. The molecule has 0 radical (unpaired) electrons. The number of amides is 1. The summed E-state index contributed by atoms with van der Waals surface area (Å²) in [6, 6.07) is 10.0. The molecule has 0 aliphatic heterocycles. The number of pyridine rings is 1. The van der Waals surface area contributed by atoms with Gasteiger partial charge in [-0.1, -0.05) is 6.07 Å². The van der Waals surface area contributed by atoms with E-state index in [1.54, 1.807) is 48.0 Å². The highest BCUT2D eigenvalue weighted by atomic mass is 19.1. The third-order valence-corrected chi connectivity index (χ3v) is 3.16. The van der Waals surface area contributed by atoms with Crippen LogP contribution in [0.5, 0.6) is 5.75 Å². The van der Waals surface area contributed by atoms with Gasteiger partial charge in [0.1, 0.15) is 17.2 Å². The van der Waals surface area contributed by atoms with Crippen molar-refractivity contribution in [2.24, 2.45) is 0 Å². The summed E-state index contributed by atoms with van der Waals surface area (Å²) in [7, 11) is 1.57. The summed E-state index contributed by atoms with van der Waals surface area (Å²) in [5.74, 6) is 0.121. The highest BCUT2D eigenvalue weighted by Gasteiger charge is 2.09. The smallest absolute Gasteiger partial charge is 0.230 e. The van der Waals surface area contributed by atoms with Crippen LogP contribution in [0.25, 0.3) is 5.65 Å². The lowest BCUT2D eigenvalue weighted by Gasteiger charge is -2.05. The first-order valence-electron chi connectivity index (χ1n) is 6.71. The van der Waals surface area contributed by atoms with Crippen molar-refractivity contribution in [3.63, 3.8) is 0 Å². The van der Waals surface area contributed by atoms with Gasteiger partial charge in [-0.3, -0.25) is 4.79 Å². The van der Waals surface area contributed by atoms with Crippen molar-refractivity contribution in [2.75, 3.05) is 12.4 Å². The summed E-state index contributed by atoms with van der Waals surface area (Å²) >= 11 is 0. The number of fused-ring (bicyclic) bond motifs is 1. The first-order valence-corrected chi connectivity index (χ1v) is 6.71. The van der Waals surface area contributed by atoms with E-state index in [4.69, 9.17) is 4.74 Å². The molecule has 0 saturated carbocycles. The Balaban J connectivity index is 1.72. The normalized spacial score (nSPS) is 10.6.